The highest BCUT2D eigenvalue weighted by Crippen LogP contribution is 2.27. The van der Waals surface area contributed by atoms with E-state index in [-0.39, 0.29) is 0 Å². The van der Waals surface area contributed by atoms with Gasteiger partial charge in [-0.3, -0.25) is 0 Å². The van der Waals surface area contributed by atoms with Gasteiger partial charge in [0.2, 0.25) is 0 Å². The van der Waals surface area contributed by atoms with Crippen LogP contribution >= 0.6 is 0 Å². The molecule has 0 atom stereocenters. The van der Waals surface area contributed by atoms with Crippen molar-refractivity contribution in [2.75, 3.05) is 7.05 Å². The molecule has 0 saturated heterocycles. The zero-order chi connectivity index (χ0) is 9.26. The Kier molecular flexibility index (Phi) is 1.94. The molecule has 0 aromatic carbocycles. The quantitative estimate of drug-likeness (QED) is 0.573. The first-order valence-electron chi connectivity index (χ1n) is 4.11. The van der Waals surface area contributed by atoms with Crippen molar-refractivity contribution in [3.63, 3.8) is 0 Å². The van der Waals surface area contributed by atoms with E-state index in [1.807, 2.05) is 18.2 Å². The van der Waals surface area contributed by atoms with Crippen molar-refractivity contribution in [2.45, 2.75) is 6.42 Å². The molecule has 0 spiro atoms. The zero-order valence-corrected chi connectivity index (χ0v) is 7.36. The molecule has 3 nitrogen and oxygen atoms in total. The van der Waals surface area contributed by atoms with Gasteiger partial charge in [-0.25, -0.2) is 0 Å². The number of fused-ring (bicyclic) bond motifs is 1. The van der Waals surface area contributed by atoms with E-state index in [1.165, 1.54) is 7.05 Å². The second-order valence-corrected chi connectivity index (χ2v) is 3.01. The molecule has 0 N–H and O–H groups in total. The van der Waals surface area contributed by atoms with Crippen LogP contribution in [0.25, 0.3) is 0 Å². The van der Waals surface area contributed by atoms with Crippen molar-refractivity contribution in [2.24, 2.45) is 0 Å². The molecule has 13 heavy (non-hydrogen) atoms. The highest BCUT2D eigenvalue weighted by molar-refractivity contribution is 5.49. The number of rotatable bonds is 1. The lowest BCUT2D eigenvalue weighted by Gasteiger charge is -2.29. The highest BCUT2D eigenvalue weighted by Gasteiger charge is 2.11. The topological polar surface area (TPSA) is 35.5 Å². The summed E-state index contributed by atoms with van der Waals surface area (Å²) < 4.78 is 5.03. The van der Waals surface area contributed by atoms with Crippen LogP contribution in [0.2, 0.25) is 0 Å². The average Bonchev–Trinajstić information content (AvgIpc) is 2.17. The van der Waals surface area contributed by atoms with Crippen LogP contribution in [0, 0.1) is 5.21 Å². The van der Waals surface area contributed by atoms with Crippen molar-refractivity contribution >= 4 is 0 Å². The Morgan fingerprint density at radius 1 is 1.54 bits per heavy atom. The second-order valence-electron chi connectivity index (χ2n) is 3.01. The third kappa shape index (κ3) is 1.51. The van der Waals surface area contributed by atoms with E-state index in [9.17, 15) is 5.21 Å². The third-order valence-electron chi connectivity index (χ3n) is 2.11. The van der Waals surface area contributed by atoms with Gasteiger partial charge in [0.1, 0.15) is 0 Å². The van der Waals surface area contributed by atoms with Gasteiger partial charge >= 0.3 is 0 Å². The number of hydrogen-bond acceptors (Lipinski definition) is 3. The minimum Gasteiger partial charge on any atom is -0.758 e. The van der Waals surface area contributed by atoms with Crippen molar-refractivity contribution < 1.29 is 4.74 Å². The number of hydroxylamine groups is 2. The summed E-state index contributed by atoms with van der Waals surface area (Å²) >= 11 is 0. The lowest BCUT2D eigenvalue weighted by Crippen LogP contribution is -2.10. The van der Waals surface area contributed by atoms with Gasteiger partial charge in [0.15, 0.2) is 0 Å². The van der Waals surface area contributed by atoms with E-state index in [2.05, 4.69) is 0 Å². The van der Waals surface area contributed by atoms with Crippen molar-refractivity contribution in [1.82, 2.24) is 5.06 Å². The van der Waals surface area contributed by atoms with Gasteiger partial charge in [0, 0.05) is 5.70 Å². The summed E-state index contributed by atoms with van der Waals surface area (Å²) in [4.78, 5) is 0. The van der Waals surface area contributed by atoms with Crippen LogP contribution in [-0.2, 0) is 4.74 Å². The number of likely N-dealkylation sites (N-methyl/N-ethyl adjacent to an activating group) is 1. The molecule has 68 valence electrons. The Bertz CT molecular complexity index is 335. The largest absolute Gasteiger partial charge is 0.758 e. The molecule has 0 radical (unpaired) electrons. The third-order valence-corrected chi connectivity index (χ3v) is 2.11. The summed E-state index contributed by atoms with van der Waals surface area (Å²) in [6.45, 7) is 0. The van der Waals surface area contributed by atoms with Crippen LogP contribution in [-0.4, -0.2) is 12.1 Å². The molecule has 0 amide bonds. The van der Waals surface area contributed by atoms with E-state index in [0.717, 1.165) is 22.6 Å². The van der Waals surface area contributed by atoms with Gasteiger partial charge < -0.3 is 15.0 Å². The SMILES string of the molecule is CN([O-])C1=CCC2=COC=CC2=C1. The summed E-state index contributed by atoms with van der Waals surface area (Å²) in [5, 5.41) is 11.9. The highest BCUT2D eigenvalue weighted by atomic mass is 16.5. The second kappa shape index (κ2) is 3.11. The predicted molar refractivity (Wildman–Crippen MR) is 50.2 cm³/mol. The zero-order valence-electron chi connectivity index (χ0n) is 7.36. The average molecular weight is 176 g/mol. The summed E-state index contributed by atoms with van der Waals surface area (Å²) in [6.07, 6.45) is 9.71. The maximum atomic E-state index is 11.0. The molecular weight excluding hydrogens is 166 g/mol. The van der Waals surface area contributed by atoms with Crippen molar-refractivity contribution in [1.29, 1.82) is 0 Å². The predicted octanol–water partition coefficient (Wildman–Crippen LogP) is 2.06. The Hall–Kier alpha value is -1.48. The molecule has 2 rings (SSSR count). The Morgan fingerprint density at radius 3 is 3.15 bits per heavy atom. The molecule has 3 heteroatoms. The van der Waals surface area contributed by atoms with Crippen LogP contribution in [0.5, 0.6) is 0 Å². The van der Waals surface area contributed by atoms with Crippen LogP contribution in [0.15, 0.2) is 47.6 Å². The Morgan fingerprint density at radius 2 is 2.38 bits per heavy atom. The standard InChI is InChI=1S/C10H10NO2/c1-11(12)10-3-2-9-7-13-5-4-8(9)6-10/h3-7H,2H2,1H3/q-1. The molecule has 0 aromatic heterocycles. The van der Waals surface area contributed by atoms with Gasteiger partial charge in [0.25, 0.3) is 0 Å². The Labute approximate surface area is 76.9 Å². The molecule has 1 heterocycles. The lowest BCUT2D eigenvalue weighted by molar-refractivity contribution is 0.392. The van der Waals surface area contributed by atoms with Gasteiger partial charge in [-0.15, -0.1) is 0 Å². The summed E-state index contributed by atoms with van der Waals surface area (Å²) in [5.41, 5.74) is 2.89. The Balaban J connectivity index is 2.29. The van der Waals surface area contributed by atoms with Crippen molar-refractivity contribution in [3.05, 3.63) is 52.8 Å². The number of hydrogen-bond donors (Lipinski definition) is 0. The summed E-state index contributed by atoms with van der Waals surface area (Å²) in [7, 11) is 1.50. The van der Waals surface area contributed by atoms with Gasteiger partial charge in [-0.05, 0) is 36.8 Å². The first-order valence-corrected chi connectivity index (χ1v) is 4.11. The molecule has 0 aromatic rings. The summed E-state index contributed by atoms with van der Waals surface area (Å²) in [6, 6.07) is 0. The van der Waals surface area contributed by atoms with Crippen molar-refractivity contribution in [3.8, 4) is 0 Å². The maximum absolute atomic E-state index is 11.0. The first-order chi connectivity index (χ1) is 6.27. The van der Waals surface area contributed by atoms with Crippen LogP contribution < -0.4 is 0 Å². The van der Waals surface area contributed by atoms with Gasteiger partial charge in [0.05, 0.1) is 12.5 Å². The molecule has 2 aliphatic rings. The fourth-order valence-corrected chi connectivity index (χ4v) is 1.37. The molecule has 0 fully saturated rings. The van der Waals surface area contributed by atoms with Crippen LogP contribution in [0.1, 0.15) is 6.42 Å². The fraction of sp³-hybridized carbons (Fsp3) is 0.200. The molecule has 0 bridgehead atoms. The van der Waals surface area contributed by atoms with E-state index in [1.54, 1.807) is 12.5 Å². The van der Waals surface area contributed by atoms with E-state index >= 15 is 0 Å². The monoisotopic (exact) mass is 176 g/mol. The smallest absolute Gasteiger partial charge is 0.0942 e. The van der Waals surface area contributed by atoms with Crippen LogP contribution in [0.3, 0.4) is 0 Å². The van der Waals surface area contributed by atoms with E-state index in [4.69, 9.17) is 4.74 Å². The summed E-state index contributed by atoms with van der Waals surface area (Å²) in [5.74, 6) is 0. The first kappa shape index (κ1) is 8.13. The molecule has 1 aliphatic heterocycles. The minimum absolute atomic E-state index is 0.707. The molecular formula is C10H10NO2-. The van der Waals surface area contributed by atoms with E-state index < -0.39 is 0 Å². The van der Waals surface area contributed by atoms with Crippen LogP contribution in [0.4, 0.5) is 0 Å². The maximum Gasteiger partial charge on any atom is 0.0942 e. The molecule has 0 unspecified atom stereocenters. The number of nitrogens with zero attached hydrogens (tertiary/aromatic N) is 1. The minimum atomic E-state index is 0.707. The normalized spacial score (nSPS) is 19.4. The lowest BCUT2D eigenvalue weighted by atomic mass is 9.97. The number of allylic oxidation sites excluding steroid dienone is 5. The van der Waals surface area contributed by atoms with Gasteiger partial charge in [-0.1, -0.05) is 6.08 Å². The fourth-order valence-electron chi connectivity index (χ4n) is 1.37. The van der Waals surface area contributed by atoms with E-state index in [0.29, 0.717) is 5.70 Å². The van der Waals surface area contributed by atoms with Gasteiger partial charge in [-0.2, -0.15) is 0 Å². The number of ether oxygens (including phenoxy) is 1. The molecule has 0 saturated carbocycles. The molecule has 1 aliphatic carbocycles.